The molecule has 0 radical (unpaired) electrons. The van der Waals surface area contributed by atoms with Crippen molar-refractivity contribution in [2.75, 3.05) is 11.4 Å². The van der Waals surface area contributed by atoms with Crippen LogP contribution in [0.3, 0.4) is 0 Å². The molecule has 0 heterocycles. The Morgan fingerprint density at radius 2 is 2.06 bits per heavy atom. The number of anilines is 1. The number of carbonyl (C=O) groups is 1. The van der Waals surface area contributed by atoms with Gasteiger partial charge in [0.25, 0.3) is 0 Å². The fraction of sp³-hybridized carbons (Fsp3) is 0.500. The number of unbranched alkanes of at least 4 members (excludes halogenated alkanes) is 1. The fourth-order valence-corrected chi connectivity index (χ4v) is 1.75. The second-order valence-electron chi connectivity index (χ2n) is 4.56. The standard InChI is InChI=1S/C14H20N2O/c1-2-3-11-16(13-7-5-4-6-8-13)14(17)15-12-9-10-12/h4-8,12H,2-3,9-11H2,1H3,(H,15,17). The fourth-order valence-electron chi connectivity index (χ4n) is 1.75. The number of carbonyl (C=O) groups excluding carboxylic acids is 1. The van der Waals surface area contributed by atoms with Gasteiger partial charge in [-0.3, -0.25) is 4.90 Å². The maximum Gasteiger partial charge on any atom is 0.322 e. The van der Waals surface area contributed by atoms with Gasteiger partial charge in [0.2, 0.25) is 0 Å². The van der Waals surface area contributed by atoms with Crippen molar-refractivity contribution in [2.45, 2.75) is 38.6 Å². The largest absolute Gasteiger partial charge is 0.335 e. The van der Waals surface area contributed by atoms with E-state index in [2.05, 4.69) is 12.2 Å². The third-order valence-corrected chi connectivity index (χ3v) is 2.95. The molecule has 1 aliphatic rings. The number of benzene rings is 1. The number of hydrogen-bond acceptors (Lipinski definition) is 1. The van der Waals surface area contributed by atoms with Crippen molar-refractivity contribution < 1.29 is 4.79 Å². The van der Waals surface area contributed by atoms with Crippen molar-refractivity contribution in [3.63, 3.8) is 0 Å². The van der Waals surface area contributed by atoms with Crippen LogP contribution >= 0.6 is 0 Å². The summed E-state index contributed by atoms with van der Waals surface area (Å²) in [5.41, 5.74) is 0.985. The molecule has 2 rings (SSSR count). The van der Waals surface area contributed by atoms with E-state index in [9.17, 15) is 4.79 Å². The highest BCUT2D eigenvalue weighted by Crippen LogP contribution is 2.21. The zero-order valence-electron chi connectivity index (χ0n) is 10.4. The summed E-state index contributed by atoms with van der Waals surface area (Å²) >= 11 is 0. The molecule has 0 atom stereocenters. The maximum absolute atomic E-state index is 12.1. The molecular formula is C14H20N2O. The normalized spacial score (nSPS) is 14.4. The SMILES string of the molecule is CCCCN(C(=O)NC1CC1)c1ccccc1. The molecule has 0 aliphatic heterocycles. The number of nitrogens with zero attached hydrogens (tertiary/aromatic N) is 1. The first kappa shape index (κ1) is 12.0. The van der Waals surface area contributed by atoms with E-state index < -0.39 is 0 Å². The van der Waals surface area contributed by atoms with E-state index in [0.717, 1.165) is 37.9 Å². The highest BCUT2D eigenvalue weighted by atomic mass is 16.2. The summed E-state index contributed by atoms with van der Waals surface area (Å²) in [6, 6.07) is 10.4. The quantitative estimate of drug-likeness (QED) is 0.831. The predicted molar refractivity (Wildman–Crippen MR) is 70.2 cm³/mol. The Kier molecular flexibility index (Phi) is 4.02. The first-order chi connectivity index (χ1) is 8.31. The summed E-state index contributed by atoms with van der Waals surface area (Å²) in [6.45, 7) is 2.93. The van der Waals surface area contributed by atoms with E-state index in [1.54, 1.807) is 0 Å². The van der Waals surface area contributed by atoms with Gasteiger partial charge in [0.15, 0.2) is 0 Å². The number of para-hydroxylation sites is 1. The zero-order valence-corrected chi connectivity index (χ0v) is 10.4. The Bertz CT molecular complexity index is 360. The zero-order chi connectivity index (χ0) is 12.1. The minimum absolute atomic E-state index is 0.0483. The van der Waals surface area contributed by atoms with Gasteiger partial charge in [-0.15, -0.1) is 0 Å². The van der Waals surface area contributed by atoms with E-state index >= 15 is 0 Å². The monoisotopic (exact) mass is 232 g/mol. The second kappa shape index (κ2) is 5.71. The molecule has 1 aliphatic carbocycles. The van der Waals surface area contributed by atoms with Crippen molar-refractivity contribution in [1.29, 1.82) is 0 Å². The lowest BCUT2D eigenvalue weighted by molar-refractivity contribution is 0.245. The number of amides is 2. The van der Waals surface area contributed by atoms with Gasteiger partial charge < -0.3 is 5.32 Å². The summed E-state index contributed by atoms with van der Waals surface area (Å²) < 4.78 is 0. The third-order valence-electron chi connectivity index (χ3n) is 2.95. The van der Waals surface area contributed by atoms with Crippen molar-refractivity contribution in [3.8, 4) is 0 Å². The molecule has 0 spiro atoms. The molecule has 0 unspecified atom stereocenters. The van der Waals surface area contributed by atoms with Crippen LogP contribution in [-0.4, -0.2) is 18.6 Å². The summed E-state index contributed by atoms with van der Waals surface area (Å²) in [6.07, 6.45) is 4.39. The molecule has 0 bridgehead atoms. The third kappa shape index (κ3) is 3.48. The molecular weight excluding hydrogens is 212 g/mol. The molecule has 3 heteroatoms. The lowest BCUT2D eigenvalue weighted by Crippen LogP contribution is -2.41. The van der Waals surface area contributed by atoms with E-state index in [4.69, 9.17) is 0 Å². The number of urea groups is 1. The van der Waals surface area contributed by atoms with Crippen LogP contribution in [0.2, 0.25) is 0 Å². The topological polar surface area (TPSA) is 32.3 Å². The number of rotatable bonds is 5. The van der Waals surface area contributed by atoms with E-state index in [-0.39, 0.29) is 6.03 Å². The number of hydrogen-bond donors (Lipinski definition) is 1. The Labute approximate surface area is 103 Å². The Morgan fingerprint density at radius 3 is 2.65 bits per heavy atom. The van der Waals surface area contributed by atoms with Crippen LogP contribution in [0.25, 0.3) is 0 Å². The molecule has 17 heavy (non-hydrogen) atoms. The molecule has 1 aromatic rings. The first-order valence-electron chi connectivity index (χ1n) is 6.44. The van der Waals surface area contributed by atoms with Crippen LogP contribution in [0, 0.1) is 0 Å². The summed E-state index contributed by atoms with van der Waals surface area (Å²) in [4.78, 5) is 14.0. The van der Waals surface area contributed by atoms with Gasteiger partial charge in [0, 0.05) is 18.3 Å². The maximum atomic E-state index is 12.1. The molecule has 92 valence electrons. The highest BCUT2D eigenvalue weighted by molar-refractivity contribution is 5.92. The van der Waals surface area contributed by atoms with Crippen molar-refractivity contribution in [2.24, 2.45) is 0 Å². The molecule has 0 aromatic heterocycles. The van der Waals surface area contributed by atoms with Crippen LogP contribution in [0.5, 0.6) is 0 Å². The highest BCUT2D eigenvalue weighted by Gasteiger charge is 2.26. The first-order valence-corrected chi connectivity index (χ1v) is 6.44. The van der Waals surface area contributed by atoms with Crippen molar-refractivity contribution >= 4 is 11.7 Å². The lowest BCUT2D eigenvalue weighted by atomic mass is 10.2. The van der Waals surface area contributed by atoms with Gasteiger partial charge in [-0.25, -0.2) is 4.79 Å². The second-order valence-corrected chi connectivity index (χ2v) is 4.56. The van der Waals surface area contributed by atoms with Crippen LogP contribution in [-0.2, 0) is 0 Å². The van der Waals surface area contributed by atoms with Crippen LogP contribution < -0.4 is 10.2 Å². The molecule has 1 aromatic carbocycles. The minimum Gasteiger partial charge on any atom is -0.335 e. The average Bonchev–Trinajstić information content (AvgIpc) is 3.15. The van der Waals surface area contributed by atoms with E-state index in [0.29, 0.717) is 6.04 Å². The molecule has 1 saturated carbocycles. The van der Waals surface area contributed by atoms with Gasteiger partial charge in [0.05, 0.1) is 0 Å². The summed E-state index contributed by atoms with van der Waals surface area (Å²) in [5, 5.41) is 3.05. The van der Waals surface area contributed by atoms with Crippen molar-refractivity contribution in [1.82, 2.24) is 5.32 Å². The predicted octanol–water partition coefficient (Wildman–Crippen LogP) is 3.17. The van der Waals surface area contributed by atoms with Gasteiger partial charge in [-0.05, 0) is 31.4 Å². The van der Waals surface area contributed by atoms with Gasteiger partial charge in [-0.1, -0.05) is 31.5 Å². The summed E-state index contributed by atoms with van der Waals surface area (Å²) in [7, 11) is 0. The van der Waals surface area contributed by atoms with E-state index in [1.165, 1.54) is 0 Å². The average molecular weight is 232 g/mol. The Hall–Kier alpha value is -1.51. The smallest absolute Gasteiger partial charge is 0.322 e. The minimum atomic E-state index is 0.0483. The Balaban J connectivity index is 2.03. The van der Waals surface area contributed by atoms with Gasteiger partial charge in [-0.2, -0.15) is 0 Å². The van der Waals surface area contributed by atoms with Crippen LogP contribution in [0.1, 0.15) is 32.6 Å². The Morgan fingerprint density at radius 1 is 1.35 bits per heavy atom. The van der Waals surface area contributed by atoms with Crippen LogP contribution in [0.4, 0.5) is 10.5 Å². The van der Waals surface area contributed by atoms with Crippen molar-refractivity contribution in [3.05, 3.63) is 30.3 Å². The molecule has 0 saturated heterocycles. The lowest BCUT2D eigenvalue weighted by Gasteiger charge is -2.23. The molecule has 3 nitrogen and oxygen atoms in total. The summed E-state index contributed by atoms with van der Waals surface area (Å²) in [5.74, 6) is 0. The van der Waals surface area contributed by atoms with Gasteiger partial charge in [0.1, 0.15) is 0 Å². The van der Waals surface area contributed by atoms with Crippen LogP contribution in [0.15, 0.2) is 30.3 Å². The molecule has 1 fully saturated rings. The molecule has 2 amide bonds. The number of nitrogens with one attached hydrogen (secondary N) is 1. The van der Waals surface area contributed by atoms with Gasteiger partial charge >= 0.3 is 6.03 Å². The van der Waals surface area contributed by atoms with E-state index in [1.807, 2.05) is 35.2 Å². The molecule has 1 N–H and O–H groups in total.